The first-order chi connectivity index (χ1) is 9.06. The van der Waals surface area contributed by atoms with Crippen LogP contribution in [0.15, 0.2) is 24.3 Å². The van der Waals surface area contributed by atoms with Crippen molar-refractivity contribution in [1.82, 2.24) is 5.32 Å². The SMILES string of the molecule is COc1ccc(COC(=O)N[C@H](CO)C(=O)O)cc1. The molecule has 1 atom stereocenters. The van der Waals surface area contributed by atoms with Crippen molar-refractivity contribution in [2.24, 2.45) is 0 Å². The number of nitrogens with one attached hydrogen (secondary N) is 1. The summed E-state index contributed by atoms with van der Waals surface area (Å²) in [6.07, 6.45) is -0.905. The lowest BCUT2D eigenvalue weighted by Gasteiger charge is -2.12. The first kappa shape index (κ1) is 14.8. The first-order valence-corrected chi connectivity index (χ1v) is 5.46. The lowest BCUT2D eigenvalue weighted by molar-refractivity contribution is -0.140. The number of alkyl carbamates (subject to hydrolysis) is 1. The number of aliphatic hydroxyl groups excluding tert-OH is 1. The summed E-state index contributed by atoms with van der Waals surface area (Å²) < 4.78 is 9.79. The van der Waals surface area contributed by atoms with Crippen LogP contribution < -0.4 is 10.1 Å². The molecule has 1 aromatic rings. The van der Waals surface area contributed by atoms with Crippen molar-refractivity contribution in [2.45, 2.75) is 12.6 Å². The van der Waals surface area contributed by atoms with Crippen molar-refractivity contribution >= 4 is 12.1 Å². The number of carbonyl (C=O) groups excluding carboxylic acids is 1. The van der Waals surface area contributed by atoms with Crippen LogP contribution in [0, 0.1) is 0 Å². The molecule has 0 heterocycles. The van der Waals surface area contributed by atoms with Crippen LogP contribution in [0.25, 0.3) is 0 Å². The number of ether oxygens (including phenoxy) is 2. The molecule has 0 saturated carbocycles. The number of hydrogen-bond donors (Lipinski definition) is 3. The molecule has 0 saturated heterocycles. The highest BCUT2D eigenvalue weighted by Gasteiger charge is 2.19. The molecule has 1 amide bonds. The van der Waals surface area contributed by atoms with Gasteiger partial charge in [-0.2, -0.15) is 0 Å². The average Bonchev–Trinajstić information content (AvgIpc) is 2.42. The Kier molecular flexibility index (Phi) is 5.62. The zero-order valence-corrected chi connectivity index (χ0v) is 10.3. The van der Waals surface area contributed by atoms with Crippen LogP contribution in [0.5, 0.6) is 5.75 Å². The summed E-state index contributed by atoms with van der Waals surface area (Å²) in [5.74, 6) is -0.650. The molecule has 0 bridgehead atoms. The maximum atomic E-state index is 11.3. The average molecular weight is 269 g/mol. The van der Waals surface area contributed by atoms with Gasteiger partial charge in [-0.15, -0.1) is 0 Å². The normalized spacial score (nSPS) is 11.5. The fourth-order valence-corrected chi connectivity index (χ4v) is 1.24. The van der Waals surface area contributed by atoms with Gasteiger partial charge in [-0.1, -0.05) is 12.1 Å². The van der Waals surface area contributed by atoms with E-state index < -0.39 is 24.7 Å². The van der Waals surface area contributed by atoms with Crippen LogP contribution in [-0.4, -0.2) is 42.0 Å². The molecule has 0 aliphatic carbocycles. The largest absolute Gasteiger partial charge is 0.497 e. The fourth-order valence-electron chi connectivity index (χ4n) is 1.24. The molecule has 0 fully saturated rings. The minimum absolute atomic E-state index is 0.00635. The highest BCUT2D eigenvalue weighted by Crippen LogP contribution is 2.11. The molecule has 1 rings (SSSR count). The van der Waals surface area contributed by atoms with Crippen molar-refractivity contribution in [3.05, 3.63) is 29.8 Å². The third-order valence-corrected chi connectivity index (χ3v) is 2.30. The minimum Gasteiger partial charge on any atom is -0.497 e. The molecule has 7 nitrogen and oxygen atoms in total. The van der Waals surface area contributed by atoms with Gasteiger partial charge in [0.05, 0.1) is 13.7 Å². The maximum Gasteiger partial charge on any atom is 0.408 e. The van der Waals surface area contributed by atoms with Crippen molar-refractivity contribution in [3.8, 4) is 5.75 Å². The molecule has 0 unspecified atom stereocenters. The Labute approximate surface area is 109 Å². The summed E-state index contributed by atoms with van der Waals surface area (Å²) in [5.41, 5.74) is 0.729. The van der Waals surface area contributed by atoms with E-state index in [0.29, 0.717) is 5.75 Å². The summed E-state index contributed by atoms with van der Waals surface area (Å²) in [6, 6.07) is 5.48. The van der Waals surface area contributed by atoms with Crippen LogP contribution in [0.4, 0.5) is 4.79 Å². The summed E-state index contributed by atoms with van der Waals surface area (Å²) in [6.45, 7) is -0.708. The molecule has 0 aromatic heterocycles. The highest BCUT2D eigenvalue weighted by molar-refractivity contribution is 5.79. The van der Waals surface area contributed by atoms with E-state index in [9.17, 15) is 9.59 Å². The highest BCUT2D eigenvalue weighted by atomic mass is 16.5. The van der Waals surface area contributed by atoms with Crippen molar-refractivity contribution in [3.63, 3.8) is 0 Å². The number of carbonyl (C=O) groups is 2. The van der Waals surface area contributed by atoms with Gasteiger partial charge in [0.15, 0.2) is 6.04 Å². The molecule has 3 N–H and O–H groups in total. The van der Waals surface area contributed by atoms with Gasteiger partial charge in [-0.25, -0.2) is 9.59 Å². The van der Waals surface area contributed by atoms with Crippen molar-refractivity contribution < 1.29 is 29.3 Å². The van der Waals surface area contributed by atoms with Crippen LogP contribution in [0.3, 0.4) is 0 Å². The Hall–Kier alpha value is -2.28. The Morgan fingerprint density at radius 1 is 1.32 bits per heavy atom. The number of aliphatic hydroxyl groups is 1. The smallest absolute Gasteiger partial charge is 0.408 e. The van der Waals surface area contributed by atoms with Gasteiger partial charge in [-0.05, 0) is 17.7 Å². The second-order valence-corrected chi connectivity index (χ2v) is 3.64. The van der Waals surface area contributed by atoms with E-state index in [1.807, 2.05) is 5.32 Å². The summed E-state index contributed by atoms with van der Waals surface area (Å²) in [5, 5.41) is 19.4. The van der Waals surface area contributed by atoms with E-state index in [-0.39, 0.29) is 6.61 Å². The Bertz CT molecular complexity index is 430. The second kappa shape index (κ2) is 7.22. The number of carboxylic acids is 1. The fraction of sp³-hybridized carbons (Fsp3) is 0.333. The number of hydrogen-bond acceptors (Lipinski definition) is 5. The van der Waals surface area contributed by atoms with E-state index in [0.717, 1.165) is 5.56 Å². The molecule has 0 radical (unpaired) electrons. The van der Waals surface area contributed by atoms with E-state index in [2.05, 4.69) is 0 Å². The number of aliphatic carboxylic acids is 1. The lowest BCUT2D eigenvalue weighted by atomic mass is 10.2. The van der Waals surface area contributed by atoms with E-state index in [1.165, 1.54) is 0 Å². The Morgan fingerprint density at radius 2 is 1.95 bits per heavy atom. The molecule has 0 aliphatic heterocycles. The predicted octanol–water partition coefficient (Wildman–Crippen LogP) is 0.367. The topological polar surface area (TPSA) is 105 Å². The third-order valence-electron chi connectivity index (χ3n) is 2.30. The van der Waals surface area contributed by atoms with Gasteiger partial charge in [0, 0.05) is 0 Å². The maximum absolute atomic E-state index is 11.3. The van der Waals surface area contributed by atoms with Crippen LogP contribution in [0.1, 0.15) is 5.56 Å². The van der Waals surface area contributed by atoms with Crippen molar-refractivity contribution in [2.75, 3.05) is 13.7 Å². The van der Waals surface area contributed by atoms with Gasteiger partial charge in [0.2, 0.25) is 0 Å². The van der Waals surface area contributed by atoms with Crippen molar-refractivity contribution in [1.29, 1.82) is 0 Å². The number of amides is 1. The third kappa shape index (κ3) is 4.84. The molecule has 7 heteroatoms. The van der Waals surface area contributed by atoms with Gasteiger partial charge in [-0.3, -0.25) is 0 Å². The number of benzene rings is 1. The van der Waals surface area contributed by atoms with Gasteiger partial charge in [0.1, 0.15) is 12.4 Å². The predicted molar refractivity (Wildman–Crippen MR) is 64.8 cm³/mol. The van der Waals surface area contributed by atoms with E-state index >= 15 is 0 Å². The quantitative estimate of drug-likeness (QED) is 0.689. The van der Waals surface area contributed by atoms with Gasteiger partial charge >= 0.3 is 12.1 Å². The molecule has 0 spiro atoms. The van der Waals surface area contributed by atoms with Crippen LogP contribution in [0.2, 0.25) is 0 Å². The molecular formula is C12H15NO6. The molecular weight excluding hydrogens is 254 g/mol. The number of rotatable bonds is 6. The van der Waals surface area contributed by atoms with Gasteiger partial charge in [0.25, 0.3) is 0 Å². The van der Waals surface area contributed by atoms with Crippen LogP contribution in [-0.2, 0) is 16.1 Å². The zero-order valence-electron chi connectivity index (χ0n) is 10.3. The minimum atomic E-state index is -1.37. The zero-order chi connectivity index (χ0) is 14.3. The summed E-state index contributed by atoms with van der Waals surface area (Å²) in [4.78, 5) is 21.8. The first-order valence-electron chi connectivity index (χ1n) is 5.46. The standard InChI is InChI=1S/C12H15NO6/c1-18-9-4-2-8(3-5-9)7-19-12(17)13-10(6-14)11(15)16/h2-5,10,14H,6-7H2,1H3,(H,13,17)(H,15,16)/t10-/m1/s1. The monoisotopic (exact) mass is 269 g/mol. The molecule has 19 heavy (non-hydrogen) atoms. The summed E-state index contributed by atoms with van der Waals surface area (Å²) >= 11 is 0. The van der Waals surface area contributed by atoms with Crippen LogP contribution >= 0.6 is 0 Å². The molecule has 104 valence electrons. The Morgan fingerprint density at radius 3 is 2.42 bits per heavy atom. The lowest BCUT2D eigenvalue weighted by Crippen LogP contribution is -2.43. The molecule has 0 aliphatic rings. The van der Waals surface area contributed by atoms with Gasteiger partial charge < -0.3 is 25.0 Å². The Balaban J connectivity index is 2.42. The van der Waals surface area contributed by atoms with E-state index in [4.69, 9.17) is 19.7 Å². The van der Waals surface area contributed by atoms with E-state index in [1.54, 1.807) is 31.4 Å². The molecule has 1 aromatic carbocycles. The number of methoxy groups -OCH3 is 1. The number of carboxylic acid groups (broad SMARTS) is 1. The second-order valence-electron chi connectivity index (χ2n) is 3.64. The summed E-state index contributed by atoms with van der Waals surface area (Å²) in [7, 11) is 1.54.